The van der Waals surface area contributed by atoms with E-state index < -0.39 is 4.25 Å². The Bertz CT molecular complexity index is 1040. The summed E-state index contributed by atoms with van der Waals surface area (Å²) in [5.74, 6) is 6.96. The summed E-state index contributed by atoms with van der Waals surface area (Å²) in [5, 5.41) is 4.34. The van der Waals surface area contributed by atoms with Crippen LogP contribution in [0.4, 0.5) is 0 Å². The van der Waals surface area contributed by atoms with Crippen molar-refractivity contribution in [2.24, 2.45) is 0 Å². The summed E-state index contributed by atoms with van der Waals surface area (Å²) >= 11 is 2.87. The maximum atomic E-state index is 5.84. The molecule has 202 valence electrons. The summed E-state index contributed by atoms with van der Waals surface area (Å²) in [6, 6.07) is 33.5. The number of hydrogen-bond donors (Lipinski definition) is 0. The number of benzene rings is 3. The molecule has 0 bridgehead atoms. The molecular formula is C34H42IO2P. The van der Waals surface area contributed by atoms with Gasteiger partial charge in [0, 0.05) is 6.61 Å². The Labute approximate surface area is 243 Å². The van der Waals surface area contributed by atoms with Crippen LogP contribution in [-0.4, -0.2) is 25.7 Å². The molecule has 1 aliphatic rings. The average molecular weight is 641 g/mol. The molecule has 4 rings (SSSR count). The van der Waals surface area contributed by atoms with Crippen LogP contribution < -0.4 is 15.9 Å². The van der Waals surface area contributed by atoms with Crippen LogP contribution in [0.5, 0.6) is 0 Å². The summed E-state index contributed by atoms with van der Waals surface area (Å²) in [5.41, 5.74) is 0. The zero-order valence-electron chi connectivity index (χ0n) is 22.6. The van der Waals surface area contributed by atoms with Gasteiger partial charge in [-0.3, -0.25) is 0 Å². The number of hydrogen-bond acceptors (Lipinski definition) is 2. The molecule has 1 atom stereocenters. The monoisotopic (exact) mass is 640 g/mol. The van der Waals surface area contributed by atoms with Crippen LogP contribution in [0.25, 0.3) is 0 Å². The molecule has 0 radical (unpaired) electrons. The maximum absolute atomic E-state index is 5.84. The van der Waals surface area contributed by atoms with Gasteiger partial charge in [0.1, 0.15) is 0 Å². The molecule has 4 heteroatoms. The molecule has 0 aliphatic carbocycles. The topological polar surface area (TPSA) is 18.5 Å². The fraction of sp³-hybridized carbons (Fsp3) is 0.412. The van der Waals surface area contributed by atoms with Gasteiger partial charge < -0.3 is 4.74 Å². The van der Waals surface area contributed by atoms with Crippen molar-refractivity contribution in [1.29, 1.82) is 0 Å². The van der Waals surface area contributed by atoms with E-state index in [9.17, 15) is 0 Å². The number of halogens is 1. The first-order valence-corrected chi connectivity index (χ1v) is 19.5. The molecule has 0 aromatic heterocycles. The fourth-order valence-electron chi connectivity index (χ4n) is 5.42. The van der Waals surface area contributed by atoms with Crippen LogP contribution in [0, 0.1) is 11.8 Å². The van der Waals surface area contributed by atoms with Gasteiger partial charge in [-0.2, -0.15) is 0 Å². The van der Waals surface area contributed by atoms with E-state index in [0.717, 1.165) is 51.5 Å². The average Bonchev–Trinajstić information content (AvgIpc) is 2.99. The predicted molar refractivity (Wildman–Crippen MR) is 174 cm³/mol. The van der Waals surface area contributed by atoms with E-state index in [2.05, 4.69) is 125 Å². The summed E-state index contributed by atoms with van der Waals surface area (Å²) in [4.78, 5) is 0. The molecule has 3 aromatic rings. The van der Waals surface area contributed by atoms with Crippen LogP contribution in [0.3, 0.4) is 0 Å². The molecule has 1 heterocycles. The van der Waals surface area contributed by atoms with Gasteiger partial charge >= 0.3 is 207 Å². The van der Waals surface area contributed by atoms with Gasteiger partial charge in [0.25, 0.3) is 0 Å². The molecule has 0 spiro atoms. The molecule has 1 aliphatic heterocycles. The summed E-state index contributed by atoms with van der Waals surface area (Å²) in [6.45, 7) is 1.68. The molecule has 0 saturated carbocycles. The zero-order valence-corrected chi connectivity index (χ0v) is 25.6. The normalized spacial score (nSPS) is 16.7. The van der Waals surface area contributed by atoms with Crippen LogP contribution in [0.15, 0.2) is 91.0 Å². The minimum absolute atomic E-state index is 0.0450. The van der Waals surface area contributed by atoms with Gasteiger partial charge in [-0.25, -0.2) is 0 Å². The summed E-state index contributed by atoms with van der Waals surface area (Å²) in [7, 11) is 0. The second-order valence-corrected chi connectivity index (χ2v) is 21.0. The van der Waals surface area contributed by atoms with Gasteiger partial charge in [-0.15, -0.1) is 0 Å². The van der Waals surface area contributed by atoms with Gasteiger partial charge in [-0.1, -0.05) is 0 Å². The van der Waals surface area contributed by atoms with E-state index in [-0.39, 0.29) is 6.29 Å². The Balaban J connectivity index is 1.31. The number of rotatable bonds is 13. The molecule has 0 N–H and O–H groups in total. The van der Waals surface area contributed by atoms with Crippen LogP contribution in [0.2, 0.25) is 0 Å². The zero-order chi connectivity index (χ0) is 26.4. The van der Waals surface area contributed by atoms with E-state index in [1.165, 1.54) is 48.0 Å². The molecule has 1 unspecified atom stereocenters. The summed E-state index contributed by atoms with van der Waals surface area (Å²) < 4.78 is 8.81. The SMILES string of the molecule is IP(CCCC#CCCCCCCOC1CCCCO1)(c1ccccc1)(c1ccccc1)c1ccccc1. The van der Waals surface area contributed by atoms with Gasteiger partial charge in [0.05, 0.1) is 0 Å². The molecule has 1 fully saturated rings. The Morgan fingerprint density at radius 1 is 0.684 bits per heavy atom. The first-order valence-electron chi connectivity index (χ1n) is 14.3. The van der Waals surface area contributed by atoms with E-state index in [4.69, 9.17) is 9.47 Å². The quantitative estimate of drug-likeness (QED) is 0.0813. The van der Waals surface area contributed by atoms with Crippen LogP contribution in [0.1, 0.15) is 64.2 Å². The van der Waals surface area contributed by atoms with Crippen molar-refractivity contribution in [2.75, 3.05) is 19.4 Å². The third kappa shape index (κ3) is 7.48. The Morgan fingerprint density at radius 2 is 1.21 bits per heavy atom. The van der Waals surface area contributed by atoms with Crippen molar-refractivity contribution >= 4 is 42.2 Å². The van der Waals surface area contributed by atoms with E-state index in [0.29, 0.717) is 0 Å². The predicted octanol–water partition coefficient (Wildman–Crippen LogP) is 8.14. The standard InChI is InChI=1S/C34H42IO2P/c35-38(31-21-11-8-12-22-31,32-23-13-9-14-24-32,33-25-15-10-16-26-33)30-20-7-5-3-1-2-4-6-18-28-36-34-27-17-19-29-37-34/h8-16,21-26,34H,1-2,4,6-7,17-20,27-30H2. The van der Waals surface area contributed by atoms with Crippen molar-refractivity contribution in [2.45, 2.75) is 70.5 Å². The van der Waals surface area contributed by atoms with Crippen molar-refractivity contribution < 1.29 is 9.47 Å². The van der Waals surface area contributed by atoms with Crippen molar-refractivity contribution in [3.8, 4) is 11.8 Å². The number of ether oxygens (including phenoxy) is 2. The third-order valence-corrected chi connectivity index (χ3v) is 19.3. The van der Waals surface area contributed by atoms with Gasteiger partial charge in [0.2, 0.25) is 0 Å². The van der Waals surface area contributed by atoms with Crippen molar-refractivity contribution in [1.82, 2.24) is 0 Å². The number of unbranched alkanes of at least 4 members (excludes halogenated alkanes) is 5. The third-order valence-electron chi connectivity index (χ3n) is 7.53. The van der Waals surface area contributed by atoms with E-state index in [1.807, 2.05) is 0 Å². The molecule has 0 amide bonds. The Hall–Kier alpha value is -1.70. The van der Waals surface area contributed by atoms with E-state index in [1.54, 1.807) is 0 Å². The van der Waals surface area contributed by atoms with E-state index >= 15 is 0 Å². The van der Waals surface area contributed by atoms with Crippen LogP contribution in [-0.2, 0) is 9.47 Å². The van der Waals surface area contributed by atoms with Crippen molar-refractivity contribution in [3.63, 3.8) is 0 Å². The summed E-state index contributed by atoms with van der Waals surface area (Å²) in [6.07, 6.45) is 12.4. The Morgan fingerprint density at radius 3 is 1.74 bits per heavy atom. The van der Waals surface area contributed by atoms with Crippen molar-refractivity contribution in [3.05, 3.63) is 91.0 Å². The Kier molecular flexibility index (Phi) is 11.7. The first kappa shape index (κ1) is 29.3. The van der Waals surface area contributed by atoms with Gasteiger partial charge in [0.15, 0.2) is 6.29 Å². The first-order chi connectivity index (χ1) is 18.7. The molecule has 2 nitrogen and oxygen atoms in total. The van der Waals surface area contributed by atoms with Crippen LogP contribution >= 0.6 is 26.3 Å². The second kappa shape index (κ2) is 15.2. The molecule has 3 aromatic carbocycles. The van der Waals surface area contributed by atoms with Gasteiger partial charge in [-0.05, 0) is 19.3 Å². The molecule has 38 heavy (non-hydrogen) atoms. The second-order valence-electron chi connectivity index (χ2n) is 10.2. The molecular weight excluding hydrogens is 598 g/mol. The molecule has 1 saturated heterocycles. The minimum atomic E-state index is -2.66. The fourth-order valence-corrected chi connectivity index (χ4v) is 14.1.